The van der Waals surface area contributed by atoms with E-state index in [1.54, 1.807) is 18.2 Å². The molecule has 3 aromatic heterocycles. The summed E-state index contributed by atoms with van der Waals surface area (Å²) in [6.45, 7) is 2.24. The molecule has 0 fully saturated rings. The second kappa shape index (κ2) is 6.72. The fourth-order valence-corrected chi connectivity index (χ4v) is 2.43. The first-order valence-corrected chi connectivity index (χ1v) is 8.00. The number of rotatable bonds is 5. The van der Waals surface area contributed by atoms with Crippen molar-refractivity contribution >= 4 is 5.91 Å². The Morgan fingerprint density at radius 3 is 2.58 bits per heavy atom. The number of aromatic nitrogens is 2. The molecule has 1 aromatic carbocycles. The monoisotopic (exact) mass is 349 g/mol. The Bertz CT molecular complexity index is 1010. The molecule has 0 radical (unpaired) electrons. The molecule has 4 aromatic rings. The van der Waals surface area contributed by atoms with Gasteiger partial charge in [-0.15, -0.1) is 0 Å². The van der Waals surface area contributed by atoms with E-state index in [9.17, 15) is 4.79 Å². The lowest BCUT2D eigenvalue weighted by Crippen LogP contribution is -2.23. The molecule has 7 nitrogen and oxygen atoms in total. The molecule has 7 heteroatoms. The Hall–Kier alpha value is -3.61. The van der Waals surface area contributed by atoms with Crippen molar-refractivity contribution in [3.05, 3.63) is 71.7 Å². The first-order valence-electron chi connectivity index (χ1n) is 8.00. The molecule has 4 rings (SSSR count). The van der Waals surface area contributed by atoms with Crippen LogP contribution in [0.5, 0.6) is 0 Å². The van der Waals surface area contributed by atoms with E-state index in [2.05, 4.69) is 15.6 Å². The number of nitrogens with zero attached hydrogens (tertiary/aromatic N) is 2. The van der Waals surface area contributed by atoms with Gasteiger partial charge in [-0.1, -0.05) is 40.1 Å². The van der Waals surface area contributed by atoms with Gasteiger partial charge in [0.25, 0.3) is 5.91 Å². The van der Waals surface area contributed by atoms with Crippen LogP contribution in [-0.4, -0.2) is 16.2 Å². The van der Waals surface area contributed by atoms with Crippen LogP contribution in [0.3, 0.4) is 0 Å². The van der Waals surface area contributed by atoms with Crippen molar-refractivity contribution in [3.8, 4) is 22.8 Å². The molecule has 1 N–H and O–H groups in total. The molecule has 1 amide bonds. The Morgan fingerprint density at radius 1 is 1.00 bits per heavy atom. The van der Waals surface area contributed by atoms with Crippen LogP contribution in [0.15, 0.2) is 68.3 Å². The number of nitrogens with one attached hydrogen (secondary N) is 1. The molecule has 0 aliphatic carbocycles. The number of amides is 1. The topological polar surface area (TPSA) is 94.3 Å². The van der Waals surface area contributed by atoms with Crippen LogP contribution in [0.2, 0.25) is 0 Å². The Labute approximate surface area is 148 Å². The number of benzene rings is 1. The number of furan rings is 1. The van der Waals surface area contributed by atoms with E-state index in [0.29, 0.717) is 23.0 Å². The van der Waals surface area contributed by atoms with Crippen LogP contribution in [0, 0.1) is 6.92 Å². The lowest BCUT2D eigenvalue weighted by Gasteiger charge is -1.98. The molecule has 0 aliphatic rings. The van der Waals surface area contributed by atoms with E-state index >= 15 is 0 Å². The first kappa shape index (κ1) is 15.9. The van der Waals surface area contributed by atoms with Gasteiger partial charge in [0.2, 0.25) is 5.76 Å². The predicted octanol–water partition coefficient (Wildman–Crippen LogP) is 3.83. The average molecular weight is 349 g/mol. The summed E-state index contributed by atoms with van der Waals surface area (Å²) < 4.78 is 15.7. The van der Waals surface area contributed by atoms with Crippen molar-refractivity contribution in [1.29, 1.82) is 0 Å². The van der Waals surface area contributed by atoms with Crippen molar-refractivity contribution < 1.29 is 18.3 Å². The number of carbonyl (C=O) groups is 1. The summed E-state index contributed by atoms with van der Waals surface area (Å²) in [4.78, 5) is 12.2. The highest BCUT2D eigenvalue weighted by atomic mass is 16.5. The Morgan fingerprint density at radius 2 is 1.81 bits per heavy atom. The van der Waals surface area contributed by atoms with Crippen molar-refractivity contribution in [2.24, 2.45) is 0 Å². The minimum absolute atomic E-state index is 0.165. The van der Waals surface area contributed by atoms with Crippen molar-refractivity contribution in [1.82, 2.24) is 15.6 Å². The lowest BCUT2D eigenvalue weighted by molar-refractivity contribution is 0.0941. The first-order chi connectivity index (χ1) is 12.7. The number of hydrogen-bond donors (Lipinski definition) is 1. The van der Waals surface area contributed by atoms with Gasteiger partial charge in [-0.05, 0) is 19.1 Å². The van der Waals surface area contributed by atoms with Crippen LogP contribution in [0.4, 0.5) is 0 Å². The van der Waals surface area contributed by atoms with E-state index < -0.39 is 0 Å². The van der Waals surface area contributed by atoms with Crippen molar-refractivity contribution in [2.75, 3.05) is 0 Å². The molecular weight excluding hydrogens is 334 g/mol. The molecule has 130 valence electrons. The number of aryl methyl sites for hydroxylation is 1. The third-order valence-corrected chi connectivity index (χ3v) is 3.83. The number of carbonyl (C=O) groups excluding carboxylic acids is 1. The fraction of sp³-hybridized carbons (Fsp3) is 0.105. The zero-order valence-electron chi connectivity index (χ0n) is 13.9. The maximum atomic E-state index is 12.2. The van der Waals surface area contributed by atoms with Gasteiger partial charge in [-0.3, -0.25) is 4.79 Å². The maximum absolute atomic E-state index is 12.2. The molecule has 0 spiro atoms. The third-order valence-electron chi connectivity index (χ3n) is 3.83. The largest absolute Gasteiger partial charge is 0.461 e. The highest BCUT2D eigenvalue weighted by molar-refractivity contribution is 5.92. The van der Waals surface area contributed by atoms with Crippen molar-refractivity contribution in [2.45, 2.75) is 13.5 Å². The van der Waals surface area contributed by atoms with Crippen LogP contribution in [-0.2, 0) is 6.54 Å². The van der Waals surface area contributed by atoms with Gasteiger partial charge in [-0.25, -0.2) is 0 Å². The maximum Gasteiger partial charge on any atom is 0.273 e. The summed E-state index contributed by atoms with van der Waals surface area (Å²) in [7, 11) is 0. The molecule has 0 saturated heterocycles. The molecule has 0 atom stereocenters. The van der Waals surface area contributed by atoms with Gasteiger partial charge in [0.05, 0.1) is 12.8 Å². The Kier molecular flexibility index (Phi) is 4.10. The lowest BCUT2D eigenvalue weighted by atomic mass is 10.1. The van der Waals surface area contributed by atoms with E-state index in [0.717, 1.165) is 5.56 Å². The SMILES string of the molecule is Cc1ccc(-c2cc(CNC(=O)c3cc(-c4ccco4)on3)no2)cc1. The third kappa shape index (κ3) is 3.27. The molecule has 0 unspecified atom stereocenters. The van der Waals surface area contributed by atoms with Gasteiger partial charge >= 0.3 is 0 Å². The molecule has 0 saturated carbocycles. The summed E-state index contributed by atoms with van der Waals surface area (Å²) in [5.74, 6) is 1.18. The van der Waals surface area contributed by atoms with Crippen LogP contribution in [0.1, 0.15) is 21.7 Å². The molecule has 3 heterocycles. The highest BCUT2D eigenvalue weighted by Gasteiger charge is 2.15. The van der Waals surface area contributed by atoms with Crippen LogP contribution >= 0.6 is 0 Å². The zero-order valence-corrected chi connectivity index (χ0v) is 13.9. The van der Waals surface area contributed by atoms with Gasteiger partial charge in [-0.2, -0.15) is 0 Å². The number of hydrogen-bond acceptors (Lipinski definition) is 6. The zero-order chi connectivity index (χ0) is 17.9. The van der Waals surface area contributed by atoms with E-state index in [1.807, 2.05) is 31.2 Å². The van der Waals surface area contributed by atoms with Crippen molar-refractivity contribution in [3.63, 3.8) is 0 Å². The van der Waals surface area contributed by atoms with E-state index in [4.69, 9.17) is 13.5 Å². The van der Waals surface area contributed by atoms with Crippen LogP contribution in [0.25, 0.3) is 22.8 Å². The van der Waals surface area contributed by atoms with Gasteiger partial charge in [0, 0.05) is 17.7 Å². The van der Waals surface area contributed by atoms with Gasteiger partial charge < -0.3 is 18.8 Å². The normalized spacial score (nSPS) is 10.8. The summed E-state index contributed by atoms with van der Waals surface area (Å²) in [5, 5.41) is 10.5. The molecule has 0 aliphatic heterocycles. The smallest absolute Gasteiger partial charge is 0.273 e. The average Bonchev–Trinajstić information content (AvgIpc) is 3.41. The summed E-state index contributed by atoms with van der Waals surface area (Å²) in [6, 6.07) is 14.7. The van der Waals surface area contributed by atoms with E-state index in [-0.39, 0.29) is 18.1 Å². The summed E-state index contributed by atoms with van der Waals surface area (Å²) in [6.07, 6.45) is 1.52. The Balaban J connectivity index is 1.40. The van der Waals surface area contributed by atoms with Crippen LogP contribution < -0.4 is 5.32 Å². The second-order valence-corrected chi connectivity index (χ2v) is 5.78. The fourth-order valence-electron chi connectivity index (χ4n) is 2.43. The summed E-state index contributed by atoms with van der Waals surface area (Å²) >= 11 is 0. The standard InChI is InChI=1S/C19H15N3O4/c1-12-4-6-13(7-5-12)17-9-14(21-25-17)11-20-19(23)15-10-18(26-22-15)16-3-2-8-24-16/h2-10H,11H2,1H3,(H,20,23). The quantitative estimate of drug-likeness (QED) is 0.588. The van der Waals surface area contributed by atoms with Gasteiger partial charge in [0.1, 0.15) is 5.69 Å². The molecular formula is C19H15N3O4. The van der Waals surface area contributed by atoms with Gasteiger partial charge in [0.15, 0.2) is 17.2 Å². The second-order valence-electron chi connectivity index (χ2n) is 5.78. The molecule has 0 bridgehead atoms. The van der Waals surface area contributed by atoms with E-state index in [1.165, 1.54) is 17.9 Å². The minimum atomic E-state index is -0.369. The molecule has 26 heavy (non-hydrogen) atoms. The predicted molar refractivity (Wildman–Crippen MR) is 92.1 cm³/mol. The summed E-state index contributed by atoms with van der Waals surface area (Å²) in [5.41, 5.74) is 2.88. The minimum Gasteiger partial charge on any atom is -0.461 e. The highest BCUT2D eigenvalue weighted by Crippen LogP contribution is 2.22.